The van der Waals surface area contributed by atoms with Crippen LogP contribution >= 0.6 is 0 Å². The van der Waals surface area contributed by atoms with E-state index in [-0.39, 0.29) is 5.75 Å². The summed E-state index contributed by atoms with van der Waals surface area (Å²) in [7, 11) is 3.20. The van der Waals surface area contributed by atoms with Crippen LogP contribution in [0.5, 0.6) is 17.2 Å². The van der Waals surface area contributed by atoms with Crippen molar-refractivity contribution in [1.29, 1.82) is 0 Å². The van der Waals surface area contributed by atoms with Crippen LogP contribution in [0.2, 0.25) is 0 Å². The average molecular weight is 282 g/mol. The maximum absolute atomic E-state index is 9.34. The summed E-state index contributed by atoms with van der Waals surface area (Å²) >= 11 is 0. The molecule has 3 aromatic rings. The molecule has 0 amide bonds. The number of benzene rings is 2. The van der Waals surface area contributed by atoms with Crippen LogP contribution in [0.3, 0.4) is 0 Å². The lowest BCUT2D eigenvalue weighted by atomic mass is 10.1. The number of methoxy groups -OCH3 is 2. The molecular formula is C16H14N2O3. The van der Waals surface area contributed by atoms with E-state index in [2.05, 4.69) is 9.97 Å². The Morgan fingerprint density at radius 2 is 1.76 bits per heavy atom. The maximum atomic E-state index is 9.34. The minimum absolute atomic E-state index is 0.211. The summed E-state index contributed by atoms with van der Waals surface area (Å²) in [6, 6.07) is 10.4. The van der Waals surface area contributed by atoms with Crippen molar-refractivity contribution in [2.45, 2.75) is 0 Å². The molecule has 1 heterocycles. The third-order valence-electron chi connectivity index (χ3n) is 3.22. The highest BCUT2D eigenvalue weighted by atomic mass is 16.5. The Morgan fingerprint density at radius 3 is 2.43 bits per heavy atom. The smallest absolute Gasteiger partial charge is 0.159 e. The van der Waals surface area contributed by atoms with Crippen molar-refractivity contribution in [2.75, 3.05) is 14.2 Å². The maximum Gasteiger partial charge on any atom is 0.159 e. The van der Waals surface area contributed by atoms with E-state index in [9.17, 15) is 5.11 Å². The van der Waals surface area contributed by atoms with Crippen LogP contribution < -0.4 is 9.47 Å². The SMILES string of the molecule is COc1cc(OC)c2cnc(-c3ccc(O)cc3)nc2c1. The summed E-state index contributed by atoms with van der Waals surface area (Å²) in [5.74, 6) is 2.14. The summed E-state index contributed by atoms with van der Waals surface area (Å²) in [5, 5.41) is 10.2. The van der Waals surface area contributed by atoms with E-state index in [0.717, 1.165) is 16.5 Å². The van der Waals surface area contributed by atoms with Crippen molar-refractivity contribution in [1.82, 2.24) is 9.97 Å². The van der Waals surface area contributed by atoms with Gasteiger partial charge in [0.1, 0.15) is 17.2 Å². The lowest BCUT2D eigenvalue weighted by Crippen LogP contribution is -1.94. The summed E-state index contributed by atoms with van der Waals surface area (Å²) in [5.41, 5.74) is 1.57. The molecule has 0 saturated carbocycles. The first-order valence-corrected chi connectivity index (χ1v) is 6.39. The molecule has 0 unspecified atom stereocenters. The Bertz CT molecular complexity index is 785. The molecule has 0 atom stereocenters. The molecule has 0 aliphatic heterocycles. The molecule has 5 heteroatoms. The molecule has 0 saturated heterocycles. The molecule has 5 nitrogen and oxygen atoms in total. The van der Waals surface area contributed by atoms with Crippen molar-refractivity contribution in [3.63, 3.8) is 0 Å². The van der Waals surface area contributed by atoms with E-state index in [1.807, 2.05) is 6.07 Å². The second-order valence-corrected chi connectivity index (χ2v) is 4.50. The zero-order valence-corrected chi connectivity index (χ0v) is 11.7. The minimum atomic E-state index is 0.211. The largest absolute Gasteiger partial charge is 0.508 e. The average Bonchev–Trinajstić information content (AvgIpc) is 2.53. The molecule has 1 N–H and O–H groups in total. The number of rotatable bonds is 3. The Morgan fingerprint density at radius 1 is 1.00 bits per heavy atom. The quantitative estimate of drug-likeness (QED) is 0.800. The standard InChI is InChI=1S/C16H14N2O3/c1-20-12-7-14-13(15(8-12)21-2)9-17-16(18-14)10-3-5-11(19)6-4-10/h3-9,19H,1-2H3. The number of phenols is 1. The van der Waals surface area contributed by atoms with Gasteiger partial charge in [-0.1, -0.05) is 0 Å². The molecule has 2 aromatic carbocycles. The lowest BCUT2D eigenvalue weighted by Gasteiger charge is -2.09. The van der Waals surface area contributed by atoms with Gasteiger partial charge in [0.05, 0.1) is 25.1 Å². The monoisotopic (exact) mass is 282 g/mol. The minimum Gasteiger partial charge on any atom is -0.508 e. The molecule has 0 aliphatic carbocycles. The topological polar surface area (TPSA) is 64.5 Å². The molecule has 0 bridgehead atoms. The van der Waals surface area contributed by atoms with E-state index in [4.69, 9.17) is 9.47 Å². The Hall–Kier alpha value is -2.82. The first-order chi connectivity index (χ1) is 10.2. The predicted molar refractivity (Wildman–Crippen MR) is 79.7 cm³/mol. The number of nitrogens with zero attached hydrogens (tertiary/aromatic N) is 2. The number of hydrogen-bond donors (Lipinski definition) is 1. The first kappa shape index (κ1) is 13.2. The fourth-order valence-electron chi connectivity index (χ4n) is 2.11. The summed E-state index contributed by atoms with van der Waals surface area (Å²) in [6.45, 7) is 0. The molecule has 0 spiro atoms. The van der Waals surface area contributed by atoms with Crippen molar-refractivity contribution in [3.05, 3.63) is 42.6 Å². The normalized spacial score (nSPS) is 10.6. The van der Waals surface area contributed by atoms with Gasteiger partial charge in [-0.15, -0.1) is 0 Å². The molecule has 0 radical (unpaired) electrons. The number of aromatic nitrogens is 2. The second-order valence-electron chi connectivity index (χ2n) is 4.50. The molecule has 1 aromatic heterocycles. The van der Waals surface area contributed by atoms with Gasteiger partial charge in [-0.25, -0.2) is 9.97 Å². The Kier molecular flexibility index (Phi) is 3.31. The van der Waals surface area contributed by atoms with Gasteiger partial charge in [-0.3, -0.25) is 0 Å². The van der Waals surface area contributed by atoms with Crippen molar-refractivity contribution >= 4 is 10.9 Å². The summed E-state index contributed by atoms with van der Waals surface area (Å²) in [6.07, 6.45) is 1.72. The zero-order valence-electron chi connectivity index (χ0n) is 11.7. The molecule has 0 aliphatic rings. The van der Waals surface area contributed by atoms with Gasteiger partial charge in [0.15, 0.2) is 5.82 Å². The molecule has 0 fully saturated rings. The predicted octanol–water partition coefficient (Wildman–Crippen LogP) is 3.02. The lowest BCUT2D eigenvalue weighted by molar-refractivity contribution is 0.397. The first-order valence-electron chi connectivity index (χ1n) is 6.39. The molecular weight excluding hydrogens is 268 g/mol. The summed E-state index contributed by atoms with van der Waals surface area (Å²) < 4.78 is 10.6. The van der Waals surface area contributed by atoms with Crippen LogP contribution in [0.1, 0.15) is 0 Å². The highest BCUT2D eigenvalue weighted by molar-refractivity contribution is 5.87. The number of hydrogen-bond acceptors (Lipinski definition) is 5. The number of fused-ring (bicyclic) bond motifs is 1. The third kappa shape index (κ3) is 2.45. The number of phenolic OH excluding ortho intramolecular Hbond substituents is 1. The molecule has 3 rings (SSSR count). The van der Waals surface area contributed by atoms with Crippen molar-refractivity contribution in [3.8, 4) is 28.6 Å². The Labute approximate surface area is 121 Å². The van der Waals surface area contributed by atoms with Crippen molar-refractivity contribution < 1.29 is 14.6 Å². The molecule has 106 valence electrons. The van der Waals surface area contributed by atoms with Gasteiger partial charge < -0.3 is 14.6 Å². The van der Waals surface area contributed by atoms with E-state index in [1.54, 1.807) is 50.7 Å². The van der Waals surface area contributed by atoms with Crippen LogP contribution in [0.15, 0.2) is 42.6 Å². The zero-order chi connectivity index (χ0) is 14.8. The Balaban J connectivity index is 2.16. The van der Waals surface area contributed by atoms with E-state index in [1.165, 1.54) is 0 Å². The number of aromatic hydroxyl groups is 1. The van der Waals surface area contributed by atoms with Crippen LogP contribution in [0.4, 0.5) is 0 Å². The number of ether oxygens (including phenoxy) is 2. The van der Waals surface area contributed by atoms with Crippen LogP contribution in [0.25, 0.3) is 22.3 Å². The fraction of sp³-hybridized carbons (Fsp3) is 0.125. The van der Waals surface area contributed by atoms with Gasteiger partial charge in [0, 0.05) is 23.9 Å². The molecule has 21 heavy (non-hydrogen) atoms. The third-order valence-corrected chi connectivity index (χ3v) is 3.22. The highest BCUT2D eigenvalue weighted by Crippen LogP contribution is 2.31. The van der Waals surface area contributed by atoms with E-state index in [0.29, 0.717) is 17.3 Å². The van der Waals surface area contributed by atoms with Gasteiger partial charge in [0.25, 0.3) is 0 Å². The fourth-order valence-corrected chi connectivity index (χ4v) is 2.11. The van der Waals surface area contributed by atoms with Gasteiger partial charge in [-0.05, 0) is 24.3 Å². The van der Waals surface area contributed by atoms with Crippen LogP contribution in [-0.4, -0.2) is 29.3 Å². The highest BCUT2D eigenvalue weighted by Gasteiger charge is 2.09. The van der Waals surface area contributed by atoms with Crippen LogP contribution in [0, 0.1) is 0 Å². The van der Waals surface area contributed by atoms with Gasteiger partial charge >= 0.3 is 0 Å². The van der Waals surface area contributed by atoms with Crippen molar-refractivity contribution in [2.24, 2.45) is 0 Å². The van der Waals surface area contributed by atoms with E-state index >= 15 is 0 Å². The van der Waals surface area contributed by atoms with E-state index < -0.39 is 0 Å². The van der Waals surface area contributed by atoms with Gasteiger partial charge in [0.2, 0.25) is 0 Å². The van der Waals surface area contributed by atoms with Gasteiger partial charge in [-0.2, -0.15) is 0 Å². The van der Waals surface area contributed by atoms with Crippen LogP contribution in [-0.2, 0) is 0 Å². The summed E-state index contributed by atoms with van der Waals surface area (Å²) in [4.78, 5) is 8.90. The second kappa shape index (κ2) is 5.28.